The largest absolute Gasteiger partial charge is 0.377 e. The summed E-state index contributed by atoms with van der Waals surface area (Å²) in [6.07, 6.45) is 1.99. The van der Waals surface area contributed by atoms with Gasteiger partial charge in [-0.3, -0.25) is 0 Å². The molecule has 3 heteroatoms. The highest BCUT2D eigenvalue weighted by molar-refractivity contribution is 5.82. The molecule has 114 valence electrons. The van der Waals surface area contributed by atoms with Crippen LogP contribution in [0.25, 0.3) is 10.9 Å². The molecule has 0 atom stereocenters. The molecular weight excluding hydrogens is 272 g/mol. The summed E-state index contributed by atoms with van der Waals surface area (Å²) in [4.78, 5) is 3.26. The van der Waals surface area contributed by atoms with E-state index in [4.69, 9.17) is 4.74 Å². The Labute approximate surface area is 131 Å². The average molecular weight is 294 g/mol. The standard InChI is InChI=1S/C19H22N2O/c1-2-22-14-17-7-4-3-6-15(17)12-20-13-16-8-5-9-19-18(16)10-11-21-19/h3-11,20-21H,2,12-14H2,1H3. The molecule has 0 aliphatic heterocycles. The molecule has 0 aliphatic carbocycles. The summed E-state index contributed by atoms with van der Waals surface area (Å²) < 4.78 is 5.54. The van der Waals surface area contributed by atoms with Gasteiger partial charge in [-0.2, -0.15) is 0 Å². The smallest absolute Gasteiger partial charge is 0.0719 e. The number of aromatic nitrogens is 1. The molecule has 1 aromatic heterocycles. The van der Waals surface area contributed by atoms with E-state index < -0.39 is 0 Å². The normalized spacial score (nSPS) is 11.1. The minimum atomic E-state index is 0.682. The van der Waals surface area contributed by atoms with Crippen molar-refractivity contribution >= 4 is 10.9 Å². The van der Waals surface area contributed by atoms with Gasteiger partial charge in [0.1, 0.15) is 0 Å². The molecule has 3 nitrogen and oxygen atoms in total. The van der Waals surface area contributed by atoms with E-state index in [1.807, 2.05) is 13.1 Å². The minimum absolute atomic E-state index is 0.682. The highest BCUT2D eigenvalue weighted by atomic mass is 16.5. The van der Waals surface area contributed by atoms with E-state index >= 15 is 0 Å². The molecule has 0 fully saturated rings. The molecule has 2 aromatic carbocycles. The molecule has 0 amide bonds. The lowest BCUT2D eigenvalue weighted by atomic mass is 10.1. The molecule has 1 heterocycles. The van der Waals surface area contributed by atoms with Crippen molar-refractivity contribution in [2.45, 2.75) is 26.6 Å². The molecule has 3 rings (SSSR count). The van der Waals surface area contributed by atoms with E-state index in [1.54, 1.807) is 0 Å². The number of fused-ring (bicyclic) bond motifs is 1. The first kappa shape index (κ1) is 14.8. The number of ether oxygens (including phenoxy) is 1. The van der Waals surface area contributed by atoms with E-state index in [9.17, 15) is 0 Å². The second-order valence-corrected chi connectivity index (χ2v) is 5.37. The number of aromatic amines is 1. The number of hydrogen-bond donors (Lipinski definition) is 2. The van der Waals surface area contributed by atoms with Gasteiger partial charge in [-0.1, -0.05) is 36.4 Å². The first-order valence-corrected chi connectivity index (χ1v) is 7.78. The van der Waals surface area contributed by atoms with Gasteiger partial charge in [-0.25, -0.2) is 0 Å². The molecule has 0 saturated heterocycles. The lowest BCUT2D eigenvalue weighted by Gasteiger charge is -2.11. The lowest BCUT2D eigenvalue weighted by molar-refractivity contribution is 0.133. The predicted molar refractivity (Wildman–Crippen MR) is 90.6 cm³/mol. The van der Waals surface area contributed by atoms with Crippen molar-refractivity contribution in [2.75, 3.05) is 6.61 Å². The molecule has 0 saturated carbocycles. The maximum atomic E-state index is 5.54. The summed E-state index contributed by atoms with van der Waals surface area (Å²) in [5.41, 5.74) is 5.07. The first-order chi connectivity index (χ1) is 10.9. The van der Waals surface area contributed by atoms with Crippen molar-refractivity contribution in [2.24, 2.45) is 0 Å². The second-order valence-electron chi connectivity index (χ2n) is 5.37. The molecular formula is C19H22N2O. The molecule has 22 heavy (non-hydrogen) atoms. The summed E-state index contributed by atoms with van der Waals surface area (Å²) in [5.74, 6) is 0. The van der Waals surface area contributed by atoms with Crippen molar-refractivity contribution in [1.82, 2.24) is 10.3 Å². The number of hydrogen-bond acceptors (Lipinski definition) is 2. The number of benzene rings is 2. The van der Waals surface area contributed by atoms with Gasteiger partial charge < -0.3 is 15.0 Å². The fourth-order valence-electron chi connectivity index (χ4n) is 2.72. The molecule has 0 bridgehead atoms. The Morgan fingerprint density at radius 3 is 2.55 bits per heavy atom. The van der Waals surface area contributed by atoms with E-state index in [0.29, 0.717) is 6.61 Å². The van der Waals surface area contributed by atoms with Gasteiger partial charge in [0.15, 0.2) is 0 Å². The van der Waals surface area contributed by atoms with Gasteiger partial charge in [0, 0.05) is 36.8 Å². The van der Waals surface area contributed by atoms with Crippen LogP contribution in [0, 0.1) is 0 Å². The van der Waals surface area contributed by atoms with Gasteiger partial charge in [0.25, 0.3) is 0 Å². The zero-order chi connectivity index (χ0) is 15.2. The Morgan fingerprint density at radius 1 is 0.909 bits per heavy atom. The van der Waals surface area contributed by atoms with Crippen molar-refractivity contribution in [1.29, 1.82) is 0 Å². The van der Waals surface area contributed by atoms with Gasteiger partial charge >= 0.3 is 0 Å². The van der Waals surface area contributed by atoms with Crippen LogP contribution in [-0.4, -0.2) is 11.6 Å². The van der Waals surface area contributed by atoms with Crippen LogP contribution in [0.2, 0.25) is 0 Å². The van der Waals surface area contributed by atoms with Crippen molar-refractivity contribution in [3.8, 4) is 0 Å². The summed E-state index contributed by atoms with van der Waals surface area (Å²) in [6.45, 7) is 5.17. The van der Waals surface area contributed by atoms with Crippen molar-refractivity contribution in [3.05, 3.63) is 71.4 Å². The molecule has 0 unspecified atom stereocenters. The van der Waals surface area contributed by atoms with E-state index in [-0.39, 0.29) is 0 Å². The fourth-order valence-corrected chi connectivity index (χ4v) is 2.72. The molecule has 2 N–H and O–H groups in total. The third-order valence-electron chi connectivity index (χ3n) is 3.90. The van der Waals surface area contributed by atoms with Crippen LogP contribution < -0.4 is 5.32 Å². The third kappa shape index (κ3) is 3.38. The van der Waals surface area contributed by atoms with Gasteiger partial charge in [-0.15, -0.1) is 0 Å². The molecule has 0 aliphatic rings. The van der Waals surface area contributed by atoms with Crippen molar-refractivity contribution < 1.29 is 4.74 Å². The van der Waals surface area contributed by atoms with Gasteiger partial charge in [0.05, 0.1) is 6.61 Å². The summed E-state index contributed by atoms with van der Waals surface area (Å²) in [7, 11) is 0. The fraction of sp³-hybridized carbons (Fsp3) is 0.263. The van der Waals surface area contributed by atoms with E-state index in [2.05, 4.69) is 58.8 Å². The zero-order valence-electron chi connectivity index (χ0n) is 12.9. The molecule has 3 aromatic rings. The van der Waals surface area contributed by atoms with Crippen LogP contribution in [0.3, 0.4) is 0 Å². The monoisotopic (exact) mass is 294 g/mol. The second kappa shape index (κ2) is 7.25. The van der Waals surface area contributed by atoms with Gasteiger partial charge in [-0.05, 0) is 35.7 Å². The van der Waals surface area contributed by atoms with Crippen LogP contribution in [0.15, 0.2) is 54.7 Å². The van der Waals surface area contributed by atoms with E-state index in [0.717, 1.165) is 19.7 Å². The average Bonchev–Trinajstić information content (AvgIpc) is 3.03. The Balaban J connectivity index is 1.65. The topological polar surface area (TPSA) is 37.0 Å². The minimum Gasteiger partial charge on any atom is -0.377 e. The Morgan fingerprint density at radius 2 is 1.68 bits per heavy atom. The third-order valence-corrected chi connectivity index (χ3v) is 3.90. The predicted octanol–water partition coefficient (Wildman–Crippen LogP) is 3.99. The summed E-state index contributed by atoms with van der Waals surface area (Å²) in [5, 5.41) is 4.84. The highest BCUT2D eigenvalue weighted by Gasteiger charge is 2.04. The quantitative estimate of drug-likeness (QED) is 0.691. The Bertz CT molecular complexity index is 733. The van der Waals surface area contributed by atoms with Crippen LogP contribution >= 0.6 is 0 Å². The zero-order valence-corrected chi connectivity index (χ0v) is 12.9. The number of nitrogens with one attached hydrogen (secondary N) is 2. The highest BCUT2D eigenvalue weighted by Crippen LogP contribution is 2.17. The van der Waals surface area contributed by atoms with Crippen LogP contribution in [0.4, 0.5) is 0 Å². The maximum Gasteiger partial charge on any atom is 0.0719 e. The summed E-state index contributed by atoms with van der Waals surface area (Å²) >= 11 is 0. The first-order valence-electron chi connectivity index (χ1n) is 7.78. The Kier molecular flexibility index (Phi) is 4.88. The summed E-state index contributed by atoms with van der Waals surface area (Å²) in [6, 6.07) is 17.0. The molecule has 0 radical (unpaired) electrons. The van der Waals surface area contributed by atoms with Crippen LogP contribution in [0.1, 0.15) is 23.6 Å². The van der Waals surface area contributed by atoms with Crippen LogP contribution in [0.5, 0.6) is 0 Å². The number of H-pyrrole nitrogens is 1. The van der Waals surface area contributed by atoms with E-state index in [1.165, 1.54) is 27.6 Å². The molecule has 0 spiro atoms. The maximum absolute atomic E-state index is 5.54. The van der Waals surface area contributed by atoms with Crippen molar-refractivity contribution in [3.63, 3.8) is 0 Å². The van der Waals surface area contributed by atoms with Crippen LogP contribution in [-0.2, 0) is 24.4 Å². The Hall–Kier alpha value is -2.10. The number of rotatable bonds is 7. The SMILES string of the molecule is CCOCc1ccccc1CNCc1cccc2[nH]ccc12. The lowest BCUT2D eigenvalue weighted by Crippen LogP contribution is -2.14. The van der Waals surface area contributed by atoms with Gasteiger partial charge in [0.2, 0.25) is 0 Å².